The van der Waals surface area contributed by atoms with Crippen LogP contribution in [0, 0.1) is 0 Å². The van der Waals surface area contributed by atoms with Crippen molar-refractivity contribution in [3.8, 4) is 0 Å². The molecule has 0 amide bonds. The summed E-state index contributed by atoms with van der Waals surface area (Å²) in [4.78, 5) is 6.30. The quantitative estimate of drug-likeness (QED) is 0.811. The van der Waals surface area contributed by atoms with Crippen molar-refractivity contribution in [2.24, 2.45) is 0 Å². The van der Waals surface area contributed by atoms with Crippen LogP contribution in [0.4, 0.5) is 11.4 Å². The van der Waals surface area contributed by atoms with Crippen molar-refractivity contribution < 1.29 is 8.42 Å². The SMILES string of the molecule is CNS(=O)(=O)c1ccc(N)c(N(C)Cc2ccccn2)c1. The Bertz CT molecular complexity index is 717. The lowest BCUT2D eigenvalue weighted by molar-refractivity contribution is 0.588. The van der Waals surface area contributed by atoms with Crippen molar-refractivity contribution in [1.82, 2.24) is 9.71 Å². The van der Waals surface area contributed by atoms with Crippen LogP contribution in [-0.4, -0.2) is 27.5 Å². The first kappa shape index (κ1) is 15.3. The maximum Gasteiger partial charge on any atom is 0.240 e. The Balaban J connectivity index is 2.32. The number of nitrogens with zero attached hydrogens (tertiary/aromatic N) is 2. The standard InChI is InChI=1S/C14H18N4O2S/c1-16-21(19,20)12-6-7-13(15)14(9-12)18(2)10-11-5-3-4-8-17-11/h3-9,16H,10,15H2,1-2H3. The van der Waals surface area contributed by atoms with Gasteiger partial charge in [0.2, 0.25) is 10.0 Å². The predicted molar refractivity (Wildman–Crippen MR) is 83.4 cm³/mol. The molecule has 21 heavy (non-hydrogen) atoms. The first-order valence-electron chi connectivity index (χ1n) is 6.38. The number of hydrogen-bond acceptors (Lipinski definition) is 5. The molecule has 6 nitrogen and oxygen atoms in total. The Morgan fingerprint density at radius 3 is 2.67 bits per heavy atom. The van der Waals surface area contributed by atoms with E-state index in [1.807, 2.05) is 30.1 Å². The van der Waals surface area contributed by atoms with Gasteiger partial charge >= 0.3 is 0 Å². The van der Waals surface area contributed by atoms with E-state index in [9.17, 15) is 8.42 Å². The molecule has 0 aliphatic rings. The molecule has 0 saturated heterocycles. The van der Waals surface area contributed by atoms with Crippen molar-refractivity contribution >= 4 is 21.4 Å². The van der Waals surface area contributed by atoms with E-state index in [-0.39, 0.29) is 4.90 Å². The average Bonchev–Trinajstić information content (AvgIpc) is 2.48. The van der Waals surface area contributed by atoms with E-state index < -0.39 is 10.0 Å². The maximum absolute atomic E-state index is 11.9. The van der Waals surface area contributed by atoms with Gasteiger partial charge in [-0.1, -0.05) is 6.07 Å². The molecule has 1 aromatic heterocycles. The zero-order chi connectivity index (χ0) is 15.5. The van der Waals surface area contributed by atoms with Crippen molar-refractivity contribution in [3.05, 3.63) is 48.3 Å². The molecule has 0 unspecified atom stereocenters. The molecule has 0 radical (unpaired) electrons. The number of sulfonamides is 1. The van der Waals surface area contributed by atoms with Crippen LogP contribution in [0.25, 0.3) is 0 Å². The molecular formula is C14H18N4O2S. The number of nitrogen functional groups attached to an aromatic ring is 1. The molecule has 2 rings (SSSR count). The van der Waals surface area contributed by atoms with Crippen molar-refractivity contribution in [1.29, 1.82) is 0 Å². The topological polar surface area (TPSA) is 88.3 Å². The minimum atomic E-state index is -3.49. The zero-order valence-electron chi connectivity index (χ0n) is 11.9. The summed E-state index contributed by atoms with van der Waals surface area (Å²) < 4.78 is 26.0. The first-order chi connectivity index (χ1) is 9.94. The van der Waals surface area contributed by atoms with E-state index in [1.165, 1.54) is 13.1 Å². The highest BCUT2D eigenvalue weighted by molar-refractivity contribution is 7.89. The fourth-order valence-electron chi connectivity index (χ4n) is 1.96. The highest BCUT2D eigenvalue weighted by Crippen LogP contribution is 2.26. The van der Waals surface area contributed by atoms with Crippen LogP contribution in [0.1, 0.15) is 5.69 Å². The van der Waals surface area contributed by atoms with Gasteiger partial charge in [0, 0.05) is 13.2 Å². The Morgan fingerprint density at radius 2 is 2.05 bits per heavy atom. The summed E-state index contributed by atoms with van der Waals surface area (Å²) in [5.41, 5.74) is 7.99. The fraction of sp³-hybridized carbons (Fsp3) is 0.214. The van der Waals surface area contributed by atoms with Crippen LogP contribution in [-0.2, 0) is 16.6 Å². The fourth-order valence-corrected chi connectivity index (χ4v) is 2.71. The zero-order valence-corrected chi connectivity index (χ0v) is 12.8. The molecule has 0 atom stereocenters. The lowest BCUT2D eigenvalue weighted by Crippen LogP contribution is -2.21. The molecule has 1 aromatic carbocycles. The number of rotatable bonds is 5. The van der Waals surface area contributed by atoms with Crippen LogP contribution < -0.4 is 15.4 Å². The van der Waals surface area contributed by atoms with Crippen molar-refractivity contribution in [2.75, 3.05) is 24.7 Å². The van der Waals surface area contributed by atoms with Crippen molar-refractivity contribution in [2.45, 2.75) is 11.4 Å². The second-order valence-electron chi connectivity index (χ2n) is 4.61. The Morgan fingerprint density at radius 1 is 1.29 bits per heavy atom. The smallest absolute Gasteiger partial charge is 0.240 e. The molecule has 7 heteroatoms. The van der Waals surface area contributed by atoms with Gasteiger partial charge in [0.15, 0.2) is 0 Å². The molecule has 112 valence electrons. The molecule has 0 aliphatic heterocycles. The lowest BCUT2D eigenvalue weighted by Gasteiger charge is -2.21. The summed E-state index contributed by atoms with van der Waals surface area (Å²) in [6.45, 7) is 0.536. The largest absolute Gasteiger partial charge is 0.397 e. The van der Waals surface area contributed by atoms with Gasteiger partial charge in [-0.2, -0.15) is 0 Å². The summed E-state index contributed by atoms with van der Waals surface area (Å²) >= 11 is 0. The number of pyridine rings is 1. The summed E-state index contributed by atoms with van der Waals surface area (Å²) in [5, 5.41) is 0. The number of aromatic nitrogens is 1. The second-order valence-corrected chi connectivity index (χ2v) is 6.49. The summed E-state index contributed by atoms with van der Waals surface area (Å²) in [7, 11) is -0.270. The van der Waals surface area contributed by atoms with E-state index in [0.29, 0.717) is 17.9 Å². The molecule has 3 N–H and O–H groups in total. The van der Waals surface area contributed by atoms with Gasteiger partial charge in [-0.3, -0.25) is 4.98 Å². The minimum absolute atomic E-state index is 0.182. The Labute approximate surface area is 124 Å². The van der Waals surface area contributed by atoms with E-state index in [0.717, 1.165) is 5.69 Å². The van der Waals surface area contributed by atoms with Crippen LogP contribution in [0.2, 0.25) is 0 Å². The molecule has 0 saturated carbocycles. The van der Waals surface area contributed by atoms with Gasteiger partial charge in [0.05, 0.1) is 28.5 Å². The van der Waals surface area contributed by atoms with Gasteiger partial charge in [0.1, 0.15) is 0 Å². The molecule has 0 fully saturated rings. The molecule has 2 aromatic rings. The van der Waals surface area contributed by atoms with E-state index in [1.54, 1.807) is 18.3 Å². The first-order valence-corrected chi connectivity index (χ1v) is 7.86. The third-order valence-corrected chi connectivity index (χ3v) is 4.53. The number of benzene rings is 1. The summed E-state index contributed by atoms with van der Waals surface area (Å²) in [5.74, 6) is 0. The molecule has 0 aliphatic carbocycles. The number of hydrogen-bond donors (Lipinski definition) is 2. The predicted octanol–water partition coefficient (Wildman–Crippen LogP) is 1.21. The third kappa shape index (κ3) is 3.50. The van der Waals surface area contributed by atoms with E-state index in [2.05, 4.69) is 9.71 Å². The lowest BCUT2D eigenvalue weighted by atomic mass is 10.2. The van der Waals surface area contributed by atoms with Gasteiger partial charge < -0.3 is 10.6 Å². The van der Waals surface area contributed by atoms with Crippen LogP contribution in [0.3, 0.4) is 0 Å². The number of nitrogens with one attached hydrogen (secondary N) is 1. The summed E-state index contributed by atoms with van der Waals surface area (Å²) in [6, 6.07) is 10.3. The van der Waals surface area contributed by atoms with Gasteiger partial charge in [-0.25, -0.2) is 13.1 Å². The van der Waals surface area contributed by atoms with Crippen LogP contribution >= 0.6 is 0 Å². The highest BCUT2D eigenvalue weighted by Gasteiger charge is 2.15. The Kier molecular flexibility index (Phi) is 4.44. The van der Waals surface area contributed by atoms with Gasteiger partial charge in [-0.05, 0) is 37.4 Å². The van der Waals surface area contributed by atoms with Gasteiger partial charge in [0.25, 0.3) is 0 Å². The summed E-state index contributed by atoms with van der Waals surface area (Å²) in [6.07, 6.45) is 1.72. The van der Waals surface area contributed by atoms with Crippen LogP contribution in [0.5, 0.6) is 0 Å². The third-order valence-electron chi connectivity index (χ3n) is 3.12. The normalized spacial score (nSPS) is 11.3. The maximum atomic E-state index is 11.9. The van der Waals surface area contributed by atoms with Crippen LogP contribution in [0.15, 0.2) is 47.5 Å². The highest BCUT2D eigenvalue weighted by atomic mass is 32.2. The minimum Gasteiger partial charge on any atom is -0.397 e. The Hall–Kier alpha value is -2.12. The molecule has 0 bridgehead atoms. The van der Waals surface area contributed by atoms with Gasteiger partial charge in [-0.15, -0.1) is 0 Å². The van der Waals surface area contributed by atoms with Crippen molar-refractivity contribution in [3.63, 3.8) is 0 Å². The molecule has 0 spiro atoms. The molecular weight excluding hydrogens is 288 g/mol. The number of anilines is 2. The second kappa shape index (κ2) is 6.11. The van der Waals surface area contributed by atoms with E-state index in [4.69, 9.17) is 5.73 Å². The van der Waals surface area contributed by atoms with E-state index >= 15 is 0 Å². The number of nitrogens with two attached hydrogens (primary N) is 1. The molecule has 1 heterocycles. The average molecular weight is 306 g/mol. The monoisotopic (exact) mass is 306 g/mol.